The molecule has 1 fully saturated rings. The standard InChI is InChI=1S/C8H15ClO3S2/c1-2-12-8(7-14(9,10)11)4-3-5-13-6-8/h2-7H2,1H3. The highest BCUT2D eigenvalue weighted by Crippen LogP contribution is 2.32. The van der Waals surface area contributed by atoms with Crippen LogP contribution in [0.5, 0.6) is 0 Å². The molecule has 0 amide bonds. The average Bonchev–Trinajstić information content (AvgIpc) is 2.02. The third kappa shape index (κ3) is 3.96. The summed E-state index contributed by atoms with van der Waals surface area (Å²) in [5.74, 6) is 1.74. The van der Waals surface area contributed by atoms with Gasteiger partial charge in [-0.3, -0.25) is 0 Å². The molecule has 0 spiro atoms. The van der Waals surface area contributed by atoms with Crippen LogP contribution < -0.4 is 0 Å². The number of thioether (sulfide) groups is 1. The van der Waals surface area contributed by atoms with Gasteiger partial charge < -0.3 is 4.74 Å². The van der Waals surface area contributed by atoms with Crippen LogP contribution in [-0.4, -0.2) is 37.9 Å². The van der Waals surface area contributed by atoms with Crippen molar-refractivity contribution in [1.29, 1.82) is 0 Å². The summed E-state index contributed by atoms with van der Waals surface area (Å²) in [6, 6.07) is 0. The summed E-state index contributed by atoms with van der Waals surface area (Å²) in [6.07, 6.45) is 1.79. The summed E-state index contributed by atoms with van der Waals surface area (Å²) in [5, 5.41) is 0. The quantitative estimate of drug-likeness (QED) is 0.722. The summed E-state index contributed by atoms with van der Waals surface area (Å²) in [4.78, 5) is 0. The van der Waals surface area contributed by atoms with Gasteiger partial charge in [0, 0.05) is 23.0 Å². The van der Waals surface area contributed by atoms with Crippen molar-refractivity contribution in [3.05, 3.63) is 0 Å². The van der Waals surface area contributed by atoms with Gasteiger partial charge in [-0.1, -0.05) is 0 Å². The van der Waals surface area contributed by atoms with Crippen LogP contribution in [0.4, 0.5) is 0 Å². The van der Waals surface area contributed by atoms with E-state index >= 15 is 0 Å². The van der Waals surface area contributed by atoms with Crippen LogP contribution in [0.1, 0.15) is 19.8 Å². The van der Waals surface area contributed by atoms with E-state index in [-0.39, 0.29) is 5.75 Å². The summed E-state index contributed by atoms with van der Waals surface area (Å²) in [5.41, 5.74) is -0.543. The highest BCUT2D eigenvalue weighted by Gasteiger charge is 2.37. The molecule has 14 heavy (non-hydrogen) atoms. The summed E-state index contributed by atoms with van der Waals surface area (Å²) in [6.45, 7) is 2.41. The Morgan fingerprint density at radius 1 is 1.57 bits per heavy atom. The van der Waals surface area contributed by atoms with Crippen molar-refractivity contribution in [2.75, 3.05) is 23.9 Å². The van der Waals surface area contributed by atoms with Crippen molar-refractivity contribution < 1.29 is 13.2 Å². The van der Waals surface area contributed by atoms with Crippen molar-refractivity contribution in [1.82, 2.24) is 0 Å². The van der Waals surface area contributed by atoms with Crippen LogP contribution in [0.3, 0.4) is 0 Å². The maximum Gasteiger partial charge on any atom is 0.235 e. The van der Waals surface area contributed by atoms with Crippen molar-refractivity contribution >= 4 is 31.5 Å². The molecule has 0 bridgehead atoms. The van der Waals surface area contributed by atoms with E-state index in [0.29, 0.717) is 6.61 Å². The molecular formula is C8H15ClO3S2. The first kappa shape index (κ1) is 12.6. The van der Waals surface area contributed by atoms with Crippen LogP contribution in [0.2, 0.25) is 0 Å². The Morgan fingerprint density at radius 2 is 2.29 bits per heavy atom. The lowest BCUT2D eigenvalue weighted by molar-refractivity contribution is -0.0114. The molecular weight excluding hydrogens is 244 g/mol. The minimum Gasteiger partial charge on any atom is -0.373 e. The van der Waals surface area contributed by atoms with Gasteiger partial charge >= 0.3 is 0 Å². The smallest absolute Gasteiger partial charge is 0.235 e. The van der Waals surface area contributed by atoms with Crippen molar-refractivity contribution in [2.24, 2.45) is 0 Å². The Labute approximate surface area is 94.0 Å². The number of hydrogen-bond donors (Lipinski definition) is 0. The minimum absolute atomic E-state index is 0.0671. The fourth-order valence-corrected chi connectivity index (χ4v) is 4.59. The number of rotatable bonds is 4. The zero-order valence-corrected chi connectivity index (χ0v) is 10.6. The zero-order chi connectivity index (χ0) is 10.7. The summed E-state index contributed by atoms with van der Waals surface area (Å²) < 4.78 is 27.7. The molecule has 0 radical (unpaired) electrons. The van der Waals surface area contributed by atoms with Gasteiger partial charge in [0.1, 0.15) is 0 Å². The second-order valence-electron chi connectivity index (χ2n) is 3.46. The Balaban J connectivity index is 2.70. The third-order valence-corrected chi connectivity index (χ3v) is 4.68. The molecule has 1 heterocycles. The molecule has 1 aliphatic heterocycles. The Bertz CT molecular complexity index is 265. The normalized spacial score (nSPS) is 29.0. The van der Waals surface area contributed by atoms with Crippen LogP contribution in [0, 0.1) is 0 Å². The first-order chi connectivity index (χ1) is 6.47. The average molecular weight is 259 g/mol. The lowest BCUT2D eigenvalue weighted by Gasteiger charge is -2.35. The van der Waals surface area contributed by atoms with Crippen molar-refractivity contribution in [3.63, 3.8) is 0 Å². The second kappa shape index (κ2) is 5.05. The highest BCUT2D eigenvalue weighted by atomic mass is 35.7. The molecule has 1 rings (SSSR count). The van der Waals surface area contributed by atoms with Gasteiger partial charge in [-0.2, -0.15) is 11.8 Å². The topological polar surface area (TPSA) is 43.4 Å². The summed E-state index contributed by atoms with van der Waals surface area (Å²) >= 11 is 1.73. The van der Waals surface area contributed by atoms with Crippen molar-refractivity contribution in [2.45, 2.75) is 25.4 Å². The van der Waals surface area contributed by atoms with Gasteiger partial charge in [0.15, 0.2) is 0 Å². The van der Waals surface area contributed by atoms with Gasteiger partial charge in [0.25, 0.3) is 0 Å². The molecule has 0 aromatic carbocycles. The molecule has 1 aliphatic rings. The first-order valence-electron chi connectivity index (χ1n) is 4.61. The molecule has 6 heteroatoms. The number of halogens is 1. The van der Waals surface area contributed by atoms with E-state index in [1.54, 1.807) is 11.8 Å². The van der Waals surface area contributed by atoms with E-state index in [4.69, 9.17) is 15.4 Å². The van der Waals surface area contributed by atoms with Gasteiger partial charge in [0.2, 0.25) is 9.05 Å². The van der Waals surface area contributed by atoms with Crippen molar-refractivity contribution in [3.8, 4) is 0 Å². The van der Waals surface area contributed by atoms with E-state index < -0.39 is 14.7 Å². The number of ether oxygens (including phenoxy) is 1. The van der Waals surface area contributed by atoms with Crippen LogP contribution in [0.15, 0.2) is 0 Å². The largest absolute Gasteiger partial charge is 0.373 e. The monoisotopic (exact) mass is 258 g/mol. The minimum atomic E-state index is -3.47. The maximum atomic E-state index is 11.1. The predicted molar refractivity (Wildman–Crippen MR) is 60.6 cm³/mol. The van der Waals surface area contributed by atoms with Crippen LogP contribution >= 0.6 is 22.4 Å². The fourth-order valence-electron chi connectivity index (χ4n) is 1.72. The molecule has 0 aliphatic carbocycles. The van der Waals surface area contributed by atoms with E-state index in [0.717, 1.165) is 24.3 Å². The van der Waals surface area contributed by atoms with Crippen LogP contribution in [0.25, 0.3) is 0 Å². The van der Waals surface area contributed by atoms with Gasteiger partial charge in [-0.25, -0.2) is 8.42 Å². The molecule has 0 aromatic rings. The lowest BCUT2D eigenvalue weighted by Crippen LogP contribution is -2.43. The summed E-state index contributed by atoms with van der Waals surface area (Å²) in [7, 11) is 1.80. The molecule has 3 nitrogen and oxygen atoms in total. The Morgan fingerprint density at radius 3 is 2.71 bits per heavy atom. The molecule has 1 atom stereocenters. The SMILES string of the molecule is CCOC1(CS(=O)(=O)Cl)CCCSC1. The van der Waals surface area contributed by atoms with E-state index in [1.165, 1.54) is 0 Å². The molecule has 1 saturated heterocycles. The second-order valence-corrected chi connectivity index (χ2v) is 7.34. The Kier molecular flexibility index (Phi) is 4.56. The highest BCUT2D eigenvalue weighted by molar-refractivity contribution is 8.13. The zero-order valence-electron chi connectivity index (χ0n) is 8.16. The third-order valence-electron chi connectivity index (χ3n) is 2.17. The van der Waals surface area contributed by atoms with E-state index in [1.807, 2.05) is 6.92 Å². The maximum absolute atomic E-state index is 11.1. The molecule has 84 valence electrons. The molecule has 1 unspecified atom stereocenters. The number of hydrogen-bond acceptors (Lipinski definition) is 4. The molecule has 0 saturated carbocycles. The van der Waals surface area contributed by atoms with Crippen LogP contribution in [-0.2, 0) is 13.8 Å². The Hall–Kier alpha value is 0.550. The molecule has 0 aromatic heterocycles. The van der Waals surface area contributed by atoms with Gasteiger partial charge in [-0.05, 0) is 25.5 Å². The van der Waals surface area contributed by atoms with Gasteiger partial charge in [-0.15, -0.1) is 0 Å². The fraction of sp³-hybridized carbons (Fsp3) is 1.00. The first-order valence-corrected chi connectivity index (χ1v) is 8.25. The van der Waals surface area contributed by atoms with Gasteiger partial charge in [0.05, 0.1) is 11.4 Å². The predicted octanol–water partition coefficient (Wildman–Crippen LogP) is 1.86. The van der Waals surface area contributed by atoms with E-state index in [9.17, 15) is 8.42 Å². The molecule has 0 N–H and O–H groups in total. The van der Waals surface area contributed by atoms with E-state index in [2.05, 4.69) is 0 Å². The lowest BCUT2D eigenvalue weighted by atomic mass is 10.0.